The number of esters is 1. The fourth-order valence-electron chi connectivity index (χ4n) is 4.73. The Morgan fingerprint density at radius 1 is 1.18 bits per heavy atom. The molecule has 1 aliphatic heterocycles. The van der Waals surface area contributed by atoms with Crippen LogP contribution in [0.2, 0.25) is 0 Å². The Morgan fingerprint density at radius 3 is 2.51 bits per heavy atom. The Hall–Kier alpha value is -3.68. The first-order valence-electron chi connectivity index (χ1n) is 12.7. The number of nitrogens with one attached hydrogen (secondary N) is 1. The molecule has 0 aliphatic carbocycles. The van der Waals surface area contributed by atoms with E-state index >= 15 is 0 Å². The van der Waals surface area contributed by atoms with Crippen LogP contribution in [0.5, 0.6) is 0 Å². The number of carbonyl (C=O) groups excluding carboxylic acids is 2. The van der Waals surface area contributed by atoms with Crippen LogP contribution in [0.1, 0.15) is 43.4 Å². The van der Waals surface area contributed by atoms with Crippen LogP contribution in [-0.2, 0) is 24.8 Å². The van der Waals surface area contributed by atoms with Gasteiger partial charge in [-0.05, 0) is 56.2 Å². The highest BCUT2D eigenvalue weighted by Crippen LogP contribution is 2.43. The Balaban J connectivity index is 2.24. The quantitative estimate of drug-likeness (QED) is 0.301. The highest BCUT2D eigenvalue weighted by molar-refractivity contribution is 7.93. The highest BCUT2D eigenvalue weighted by Gasteiger charge is 2.47. The third-order valence-electron chi connectivity index (χ3n) is 6.61. The lowest BCUT2D eigenvalue weighted by atomic mass is 9.74. The SMILES string of the molecule is CCOCCN(C)C(=O)C1C(=N)N(c2cccc(CSF)c2)C(C)=C(C(=O)OCC)C1c1ccc(C#N)cc1. The first kappa shape index (κ1) is 29.9. The molecule has 1 amide bonds. The van der Waals surface area contributed by atoms with Crippen molar-refractivity contribution in [2.45, 2.75) is 32.4 Å². The number of benzene rings is 2. The largest absolute Gasteiger partial charge is 0.463 e. The van der Waals surface area contributed by atoms with Crippen molar-refractivity contribution in [3.8, 4) is 6.07 Å². The zero-order chi connectivity index (χ0) is 28.5. The van der Waals surface area contributed by atoms with Crippen LogP contribution in [0.4, 0.5) is 9.57 Å². The second kappa shape index (κ2) is 13.9. The fraction of sp³-hybridized carbons (Fsp3) is 0.379. The molecule has 2 aromatic carbocycles. The monoisotopic (exact) mass is 552 g/mol. The number of amidine groups is 1. The van der Waals surface area contributed by atoms with E-state index in [0.717, 1.165) is 0 Å². The lowest BCUT2D eigenvalue weighted by Gasteiger charge is -2.42. The number of hydrogen-bond donors (Lipinski definition) is 1. The first-order valence-corrected chi connectivity index (χ1v) is 13.6. The maximum Gasteiger partial charge on any atom is 0.336 e. The summed E-state index contributed by atoms with van der Waals surface area (Å²) in [7, 11) is 1.64. The summed E-state index contributed by atoms with van der Waals surface area (Å²) in [4.78, 5) is 30.6. The fourth-order valence-corrected chi connectivity index (χ4v) is 5.04. The molecular weight excluding hydrogens is 519 g/mol. The molecular formula is C29H33FN4O4S. The highest BCUT2D eigenvalue weighted by atomic mass is 32.2. The van der Waals surface area contributed by atoms with Crippen LogP contribution in [-0.4, -0.2) is 56.0 Å². The van der Waals surface area contributed by atoms with Crippen LogP contribution in [0.3, 0.4) is 0 Å². The van der Waals surface area contributed by atoms with Gasteiger partial charge in [0.05, 0.1) is 36.2 Å². The smallest absolute Gasteiger partial charge is 0.336 e. The van der Waals surface area contributed by atoms with Crippen molar-refractivity contribution in [2.75, 3.05) is 38.3 Å². The third-order valence-corrected chi connectivity index (χ3v) is 7.05. The molecule has 0 saturated carbocycles. The van der Waals surface area contributed by atoms with Gasteiger partial charge in [0.2, 0.25) is 5.91 Å². The van der Waals surface area contributed by atoms with Gasteiger partial charge in [0.15, 0.2) is 0 Å². The van der Waals surface area contributed by atoms with E-state index in [-0.39, 0.29) is 41.8 Å². The van der Waals surface area contributed by atoms with Gasteiger partial charge in [-0.3, -0.25) is 10.2 Å². The number of nitrogens with zero attached hydrogens (tertiary/aromatic N) is 3. The number of anilines is 1. The van der Waals surface area contributed by atoms with Crippen molar-refractivity contribution >= 4 is 35.5 Å². The zero-order valence-electron chi connectivity index (χ0n) is 22.6. The molecule has 1 N–H and O–H groups in total. The van der Waals surface area contributed by atoms with E-state index in [1.165, 1.54) is 4.90 Å². The average Bonchev–Trinajstić information content (AvgIpc) is 2.93. The number of allylic oxidation sites excluding steroid dienone is 1. The number of hydrogen-bond acceptors (Lipinski definition) is 7. The minimum atomic E-state index is -1.08. The van der Waals surface area contributed by atoms with E-state index in [2.05, 4.69) is 6.07 Å². The molecule has 8 nitrogen and oxygen atoms in total. The maximum atomic E-state index is 14.0. The second-order valence-electron chi connectivity index (χ2n) is 9.01. The minimum absolute atomic E-state index is 0.0202. The Morgan fingerprint density at radius 2 is 1.90 bits per heavy atom. The summed E-state index contributed by atoms with van der Waals surface area (Å²) in [5, 5.41) is 18.6. The molecule has 3 rings (SSSR count). The van der Waals surface area contributed by atoms with Gasteiger partial charge >= 0.3 is 5.97 Å². The summed E-state index contributed by atoms with van der Waals surface area (Å²) in [6.07, 6.45) is 0. The molecule has 39 heavy (non-hydrogen) atoms. The zero-order valence-corrected chi connectivity index (χ0v) is 23.4. The predicted molar refractivity (Wildman–Crippen MR) is 150 cm³/mol. The van der Waals surface area contributed by atoms with Crippen molar-refractivity contribution in [2.24, 2.45) is 5.92 Å². The van der Waals surface area contributed by atoms with Crippen LogP contribution >= 0.6 is 12.1 Å². The predicted octanol–water partition coefficient (Wildman–Crippen LogP) is 5.21. The van der Waals surface area contributed by atoms with E-state index in [1.807, 2.05) is 6.92 Å². The number of ether oxygens (including phenoxy) is 2. The molecule has 1 heterocycles. The molecule has 0 bridgehead atoms. The summed E-state index contributed by atoms with van der Waals surface area (Å²) in [5.41, 5.74) is 2.98. The molecule has 0 fully saturated rings. The molecule has 10 heteroatoms. The van der Waals surface area contributed by atoms with Crippen LogP contribution in [0.25, 0.3) is 0 Å². The summed E-state index contributed by atoms with van der Waals surface area (Å²) in [6.45, 7) is 6.55. The average molecular weight is 553 g/mol. The van der Waals surface area contributed by atoms with Gasteiger partial charge in [-0.1, -0.05) is 24.3 Å². The summed E-state index contributed by atoms with van der Waals surface area (Å²) in [6, 6.07) is 15.8. The van der Waals surface area contributed by atoms with E-state index in [4.69, 9.17) is 9.47 Å². The number of carbonyl (C=O) groups is 2. The molecule has 1 aliphatic rings. The summed E-state index contributed by atoms with van der Waals surface area (Å²) in [5.74, 6) is -2.75. The number of amides is 1. The Kier molecular flexibility index (Phi) is 10.7. The standard InChI is InChI=1S/C29H33FN4O4S/c1-5-37-15-14-33(4)28(35)26-25(22-12-10-20(17-31)11-13-22)24(29(36)38-6-2)19(3)34(27(26)32)23-9-7-8-21(16-23)18-39-30/h7-13,16,25-26,32H,5-6,14-15,18H2,1-4H3. The summed E-state index contributed by atoms with van der Waals surface area (Å²) >= 11 is 0.189. The molecule has 0 aromatic heterocycles. The molecule has 0 radical (unpaired) electrons. The Labute approximate surface area is 233 Å². The van der Waals surface area contributed by atoms with Crippen molar-refractivity contribution in [3.05, 3.63) is 76.5 Å². The lowest BCUT2D eigenvalue weighted by molar-refractivity contribution is -0.139. The lowest BCUT2D eigenvalue weighted by Crippen LogP contribution is -2.51. The van der Waals surface area contributed by atoms with Crippen molar-refractivity contribution in [3.63, 3.8) is 0 Å². The number of likely N-dealkylation sites (N-methyl/N-ethyl adjacent to an activating group) is 1. The normalized spacial score (nSPS) is 17.1. The van der Waals surface area contributed by atoms with Crippen LogP contribution < -0.4 is 4.90 Å². The topological polar surface area (TPSA) is 107 Å². The van der Waals surface area contributed by atoms with E-state index in [9.17, 15) is 24.1 Å². The third kappa shape index (κ3) is 6.67. The van der Waals surface area contributed by atoms with Gasteiger partial charge in [0, 0.05) is 49.6 Å². The van der Waals surface area contributed by atoms with E-state index < -0.39 is 17.8 Å². The van der Waals surface area contributed by atoms with Crippen molar-refractivity contribution < 1.29 is 22.9 Å². The van der Waals surface area contributed by atoms with Gasteiger partial charge < -0.3 is 19.3 Å². The van der Waals surface area contributed by atoms with Gasteiger partial charge in [-0.2, -0.15) is 9.15 Å². The molecule has 206 valence electrons. The van der Waals surface area contributed by atoms with Crippen LogP contribution in [0, 0.1) is 22.7 Å². The minimum Gasteiger partial charge on any atom is -0.463 e. The second-order valence-corrected chi connectivity index (χ2v) is 9.52. The van der Waals surface area contributed by atoms with Crippen molar-refractivity contribution in [1.82, 2.24) is 4.90 Å². The van der Waals surface area contributed by atoms with Gasteiger partial charge in [-0.15, -0.1) is 0 Å². The van der Waals surface area contributed by atoms with E-state index in [1.54, 1.807) is 74.3 Å². The summed E-state index contributed by atoms with van der Waals surface area (Å²) < 4.78 is 23.9. The van der Waals surface area contributed by atoms with Gasteiger partial charge in [-0.25, -0.2) is 4.79 Å². The molecule has 2 unspecified atom stereocenters. The molecule has 0 saturated heterocycles. The van der Waals surface area contributed by atoms with E-state index in [0.29, 0.717) is 47.8 Å². The molecule has 0 spiro atoms. The van der Waals surface area contributed by atoms with Crippen LogP contribution in [0.15, 0.2) is 59.8 Å². The number of rotatable bonds is 11. The molecule has 2 aromatic rings. The molecule has 2 atom stereocenters. The number of nitriles is 1. The Bertz CT molecular complexity index is 1270. The van der Waals surface area contributed by atoms with Gasteiger partial charge in [0.25, 0.3) is 0 Å². The van der Waals surface area contributed by atoms with Crippen molar-refractivity contribution in [1.29, 1.82) is 10.7 Å². The maximum absolute atomic E-state index is 14.0. The van der Waals surface area contributed by atoms with Gasteiger partial charge in [0.1, 0.15) is 11.8 Å². The first-order chi connectivity index (χ1) is 18.8. The number of halogens is 1.